The molecule has 0 aliphatic carbocycles. The zero-order valence-electron chi connectivity index (χ0n) is 8.14. The number of nitrogens with zero attached hydrogens (tertiary/aromatic N) is 5. The highest BCUT2D eigenvalue weighted by Gasteiger charge is 2.09. The first-order valence-electron chi connectivity index (χ1n) is 4.56. The fourth-order valence-electron chi connectivity index (χ4n) is 1.33. The summed E-state index contributed by atoms with van der Waals surface area (Å²) in [4.78, 5) is 15.7. The molecule has 0 aliphatic heterocycles. The number of hydrogen-bond acceptors (Lipinski definition) is 4. The standard InChI is InChI=1S/C8H11N5O/c1-3-12-5-9-6-7(12)10-11-13(4-2)8(6)14/h5H,3-4H2,1-2H3. The van der Waals surface area contributed by atoms with Crippen LogP contribution in [-0.2, 0) is 13.1 Å². The normalized spacial score (nSPS) is 11.0. The topological polar surface area (TPSA) is 65.6 Å². The summed E-state index contributed by atoms with van der Waals surface area (Å²) in [5.74, 6) is 0. The van der Waals surface area contributed by atoms with Crippen LogP contribution in [0.5, 0.6) is 0 Å². The van der Waals surface area contributed by atoms with Crippen molar-refractivity contribution in [3.8, 4) is 0 Å². The zero-order chi connectivity index (χ0) is 10.1. The molecule has 0 spiro atoms. The number of rotatable bonds is 2. The molecule has 2 rings (SSSR count). The number of aromatic nitrogens is 5. The molecule has 0 fully saturated rings. The van der Waals surface area contributed by atoms with Crippen molar-refractivity contribution in [3.63, 3.8) is 0 Å². The lowest BCUT2D eigenvalue weighted by Gasteiger charge is -1.99. The van der Waals surface area contributed by atoms with Crippen LogP contribution in [0.3, 0.4) is 0 Å². The molecule has 0 saturated carbocycles. The van der Waals surface area contributed by atoms with Crippen LogP contribution < -0.4 is 5.56 Å². The van der Waals surface area contributed by atoms with Crippen LogP contribution in [0.1, 0.15) is 13.8 Å². The number of aryl methyl sites for hydroxylation is 2. The second-order valence-electron chi connectivity index (χ2n) is 2.91. The van der Waals surface area contributed by atoms with Gasteiger partial charge in [-0.1, -0.05) is 5.21 Å². The first kappa shape index (κ1) is 8.86. The minimum Gasteiger partial charge on any atom is -0.314 e. The Morgan fingerprint density at radius 2 is 2.14 bits per heavy atom. The van der Waals surface area contributed by atoms with Crippen LogP contribution in [0.2, 0.25) is 0 Å². The fraction of sp³-hybridized carbons (Fsp3) is 0.500. The van der Waals surface area contributed by atoms with E-state index in [4.69, 9.17) is 0 Å². The Balaban J connectivity index is 2.79. The molecule has 0 aliphatic rings. The molecular weight excluding hydrogens is 182 g/mol. The molecule has 0 unspecified atom stereocenters. The van der Waals surface area contributed by atoms with Crippen LogP contribution >= 0.6 is 0 Å². The predicted molar refractivity (Wildman–Crippen MR) is 50.9 cm³/mol. The molecule has 6 heteroatoms. The zero-order valence-corrected chi connectivity index (χ0v) is 8.14. The SMILES string of the molecule is CCn1nnc2c(ncn2CC)c1=O. The van der Waals surface area contributed by atoms with Gasteiger partial charge in [0, 0.05) is 13.1 Å². The lowest BCUT2D eigenvalue weighted by atomic mass is 10.5. The summed E-state index contributed by atoms with van der Waals surface area (Å²) in [6, 6.07) is 0. The molecule has 0 bridgehead atoms. The lowest BCUT2D eigenvalue weighted by molar-refractivity contribution is 0.575. The van der Waals surface area contributed by atoms with Crippen LogP contribution in [0.15, 0.2) is 11.1 Å². The molecule has 0 atom stereocenters. The fourth-order valence-corrected chi connectivity index (χ4v) is 1.33. The Labute approximate surface area is 80.2 Å². The van der Waals surface area contributed by atoms with Gasteiger partial charge in [0.2, 0.25) is 0 Å². The third kappa shape index (κ3) is 1.11. The molecule has 14 heavy (non-hydrogen) atoms. The Bertz CT molecular complexity index is 512. The second kappa shape index (κ2) is 3.21. The first-order chi connectivity index (χ1) is 6.77. The van der Waals surface area contributed by atoms with Gasteiger partial charge in [0.25, 0.3) is 5.56 Å². The third-order valence-electron chi connectivity index (χ3n) is 2.13. The second-order valence-corrected chi connectivity index (χ2v) is 2.91. The maximum Gasteiger partial charge on any atom is 0.297 e. The van der Waals surface area contributed by atoms with Crippen molar-refractivity contribution in [1.82, 2.24) is 24.5 Å². The lowest BCUT2D eigenvalue weighted by Crippen LogP contribution is -2.23. The summed E-state index contributed by atoms with van der Waals surface area (Å²) in [5, 5.41) is 7.76. The van der Waals surface area contributed by atoms with E-state index in [-0.39, 0.29) is 5.56 Å². The molecule has 74 valence electrons. The largest absolute Gasteiger partial charge is 0.314 e. The Morgan fingerprint density at radius 1 is 1.36 bits per heavy atom. The van der Waals surface area contributed by atoms with E-state index in [9.17, 15) is 4.79 Å². The molecule has 0 amide bonds. The van der Waals surface area contributed by atoms with E-state index < -0.39 is 0 Å². The molecule has 2 heterocycles. The molecule has 0 N–H and O–H groups in total. The molecule has 0 saturated heterocycles. The predicted octanol–water partition coefficient (Wildman–Crippen LogP) is 0.0278. The van der Waals surface area contributed by atoms with Crippen molar-refractivity contribution in [1.29, 1.82) is 0 Å². The number of hydrogen-bond donors (Lipinski definition) is 0. The van der Waals surface area contributed by atoms with E-state index in [0.29, 0.717) is 17.7 Å². The smallest absolute Gasteiger partial charge is 0.297 e. The summed E-state index contributed by atoms with van der Waals surface area (Å²) in [5.41, 5.74) is 0.774. The van der Waals surface area contributed by atoms with Gasteiger partial charge in [-0.05, 0) is 13.8 Å². The Morgan fingerprint density at radius 3 is 2.79 bits per heavy atom. The van der Waals surface area contributed by atoms with Crippen LogP contribution in [0, 0.1) is 0 Å². The van der Waals surface area contributed by atoms with Crippen molar-refractivity contribution in [2.75, 3.05) is 0 Å². The summed E-state index contributed by atoms with van der Waals surface area (Å²) >= 11 is 0. The van der Waals surface area contributed by atoms with Gasteiger partial charge in [-0.25, -0.2) is 9.67 Å². The molecule has 6 nitrogen and oxygen atoms in total. The molecule has 0 aromatic carbocycles. The van der Waals surface area contributed by atoms with E-state index in [1.807, 2.05) is 13.8 Å². The molecule has 2 aromatic rings. The summed E-state index contributed by atoms with van der Waals surface area (Å²) in [6.45, 7) is 5.06. The van der Waals surface area contributed by atoms with Gasteiger partial charge in [0.1, 0.15) is 0 Å². The van der Waals surface area contributed by atoms with Crippen LogP contribution in [-0.4, -0.2) is 24.5 Å². The van der Waals surface area contributed by atoms with Gasteiger partial charge in [-0.2, -0.15) is 0 Å². The van der Waals surface area contributed by atoms with Crippen molar-refractivity contribution in [2.45, 2.75) is 26.9 Å². The van der Waals surface area contributed by atoms with Gasteiger partial charge in [-0.3, -0.25) is 4.79 Å². The van der Waals surface area contributed by atoms with Gasteiger partial charge >= 0.3 is 0 Å². The maximum atomic E-state index is 11.7. The van der Waals surface area contributed by atoms with Crippen molar-refractivity contribution in [3.05, 3.63) is 16.7 Å². The third-order valence-corrected chi connectivity index (χ3v) is 2.13. The van der Waals surface area contributed by atoms with Crippen molar-refractivity contribution < 1.29 is 0 Å². The highest BCUT2D eigenvalue weighted by molar-refractivity contribution is 5.68. The van der Waals surface area contributed by atoms with E-state index >= 15 is 0 Å². The minimum absolute atomic E-state index is 0.176. The number of fused-ring (bicyclic) bond motifs is 1. The summed E-state index contributed by atoms with van der Waals surface area (Å²) in [6.07, 6.45) is 1.61. The van der Waals surface area contributed by atoms with Crippen molar-refractivity contribution >= 4 is 11.2 Å². The molecular formula is C8H11N5O. The molecule has 2 aromatic heterocycles. The van der Waals surface area contributed by atoms with Gasteiger partial charge in [0.15, 0.2) is 11.2 Å². The average Bonchev–Trinajstić information content (AvgIpc) is 2.62. The van der Waals surface area contributed by atoms with Crippen LogP contribution in [0.25, 0.3) is 11.2 Å². The van der Waals surface area contributed by atoms with E-state index in [2.05, 4.69) is 15.3 Å². The number of imidazole rings is 1. The van der Waals surface area contributed by atoms with E-state index in [1.54, 1.807) is 10.9 Å². The highest BCUT2D eigenvalue weighted by atomic mass is 16.1. The van der Waals surface area contributed by atoms with Gasteiger partial charge in [0.05, 0.1) is 6.33 Å². The summed E-state index contributed by atoms with van der Waals surface area (Å²) < 4.78 is 3.10. The van der Waals surface area contributed by atoms with E-state index in [1.165, 1.54) is 4.68 Å². The monoisotopic (exact) mass is 193 g/mol. The van der Waals surface area contributed by atoms with Gasteiger partial charge < -0.3 is 4.57 Å². The average molecular weight is 193 g/mol. The quantitative estimate of drug-likeness (QED) is 0.674. The Kier molecular flexibility index (Phi) is 2.03. The summed E-state index contributed by atoms with van der Waals surface area (Å²) in [7, 11) is 0. The highest BCUT2D eigenvalue weighted by Crippen LogP contribution is 2.02. The Hall–Kier alpha value is -1.72. The van der Waals surface area contributed by atoms with Gasteiger partial charge in [-0.15, -0.1) is 5.10 Å². The maximum absolute atomic E-state index is 11.7. The van der Waals surface area contributed by atoms with Crippen molar-refractivity contribution in [2.24, 2.45) is 0 Å². The van der Waals surface area contributed by atoms with Crippen LogP contribution in [0.4, 0.5) is 0 Å². The van der Waals surface area contributed by atoms with E-state index in [0.717, 1.165) is 6.54 Å². The first-order valence-corrected chi connectivity index (χ1v) is 4.56. The minimum atomic E-state index is -0.176. The molecule has 0 radical (unpaired) electrons.